The van der Waals surface area contributed by atoms with E-state index in [2.05, 4.69) is 0 Å². The van der Waals surface area contributed by atoms with Gasteiger partial charge in [0.05, 0.1) is 6.54 Å². The highest BCUT2D eigenvalue weighted by atomic mass is 16.2. The standard InChI is InChI=1S/C16H18N2O3/c1-10-3-6-13(11(2)7-10)14(19)8-18-15(20)9-17(16(18)21)12-4-5-12/h3,6-7,12H,4-5,8-9H2,1-2H3. The van der Waals surface area contributed by atoms with Gasteiger partial charge in [-0.3, -0.25) is 14.5 Å². The number of benzene rings is 1. The zero-order valence-electron chi connectivity index (χ0n) is 12.3. The summed E-state index contributed by atoms with van der Waals surface area (Å²) in [6.07, 6.45) is 1.91. The number of urea groups is 1. The van der Waals surface area contributed by atoms with Crippen molar-refractivity contribution in [1.29, 1.82) is 0 Å². The molecule has 2 fully saturated rings. The summed E-state index contributed by atoms with van der Waals surface area (Å²) >= 11 is 0. The summed E-state index contributed by atoms with van der Waals surface area (Å²) in [4.78, 5) is 39.1. The minimum absolute atomic E-state index is 0.115. The topological polar surface area (TPSA) is 57.7 Å². The van der Waals surface area contributed by atoms with Gasteiger partial charge >= 0.3 is 6.03 Å². The van der Waals surface area contributed by atoms with E-state index in [4.69, 9.17) is 0 Å². The van der Waals surface area contributed by atoms with Gasteiger partial charge in [-0.15, -0.1) is 0 Å². The van der Waals surface area contributed by atoms with Crippen molar-refractivity contribution < 1.29 is 14.4 Å². The predicted octanol–water partition coefficient (Wildman–Crippen LogP) is 1.91. The third-order valence-corrected chi connectivity index (χ3v) is 4.05. The molecule has 0 atom stereocenters. The monoisotopic (exact) mass is 286 g/mol. The number of nitrogens with zero attached hydrogens (tertiary/aromatic N) is 2. The molecule has 0 aromatic heterocycles. The number of aryl methyl sites for hydroxylation is 2. The van der Waals surface area contributed by atoms with E-state index in [1.165, 1.54) is 0 Å². The Balaban J connectivity index is 1.75. The van der Waals surface area contributed by atoms with Gasteiger partial charge in [-0.05, 0) is 32.3 Å². The number of amides is 3. The second-order valence-corrected chi connectivity index (χ2v) is 5.86. The number of imide groups is 1. The molecule has 0 bridgehead atoms. The van der Waals surface area contributed by atoms with Gasteiger partial charge in [0, 0.05) is 11.6 Å². The van der Waals surface area contributed by atoms with Crippen LogP contribution in [-0.2, 0) is 4.79 Å². The molecule has 3 amide bonds. The van der Waals surface area contributed by atoms with Crippen LogP contribution in [0.25, 0.3) is 0 Å². The normalized spacial score (nSPS) is 18.6. The van der Waals surface area contributed by atoms with Crippen molar-refractivity contribution in [3.63, 3.8) is 0 Å². The number of ketones is 1. The van der Waals surface area contributed by atoms with E-state index < -0.39 is 0 Å². The molecule has 0 unspecified atom stereocenters. The Labute approximate surface area is 123 Å². The molecule has 110 valence electrons. The van der Waals surface area contributed by atoms with Crippen LogP contribution < -0.4 is 0 Å². The van der Waals surface area contributed by atoms with E-state index in [1.54, 1.807) is 11.0 Å². The molecule has 1 aromatic carbocycles. The molecule has 5 nitrogen and oxygen atoms in total. The first-order valence-electron chi connectivity index (χ1n) is 7.19. The number of hydrogen-bond acceptors (Lipinski definition) is 3. The Morgan fingerprint density at radius 3 is 2.57 bits per heavy atom. The third-order valence-electron chi connectivity index (χ3n) is 4.05. The van der Waals surface area contributed by atoms with E-state index in [1.807, 2.05) is 26.0 Å². The van der Waals surface area contributed by atoms with Gasteiger partial charge in [0.15, 0.2) is 5.78 Å². The van der Waals surface area contributed by atoms with Crippen molar-refractivity contribution in [3.05, 3.63) is 34.9 Å². The van der Waals surface area contributed by atoms with E-state index >= 15 is 0 Å². The Morgan fingerprint density at radius 1 is 1.24 bits per heavy atom. The molecule has 3 rings (SSSR count). The first kappa shape index (κ1) is 13.8. The third kappa shape index (κ3) is 2.55. The zero-order chi connectivity index (χ0) is 15.1. The predicted molar refractivity (Wildman–Crippen MR) is 77.1 cm³/mol. The first-order chi connectivity index (χ1) is 9.97. The van der Waals surface area contributed by atoms with E-state index in [0.717, 1.165) is 28.9 Å². The molecule has 1 aliphatic heterocycles. The summed E-state index contributed by atoms with van der Waals surface area (Å²) in [6, 6.07) is 5.43. The number of rotatable bonds is 4. The van der Waals surface area contributed by atoms with Crippen LogP contribution in [0.3, 0.4) is 0 Å². The van der Waals surface area contributed by atoms with Gasteiger partial charge in [-0.25, -0.2) is 4.79 Å². The maximum absolute atomic E-state index is 12.4. The van der Waals surface area contributed by atoms with Crippen LogP contribution in [0.2, 0.25) is 0 Å². The zero-order valence-corrected chi connectivity index (χ0v) is 12.3. The lowest BCUT2D eigenvalue weighted by Gasteiger charge is -2.16. The van der Waals surface area contributed by atoms with E-state index in [-0.39, 0.29) is 36.9 Å². The summed E-state index contributed by atoms with van der Waals surface area (Å²) < 4.78 is 0. The molecule has 21 heavy (non-hydrogen) atoms. The van der Waals surface area contributed by atoms with Crippen molar-refractivity contribution in [2.45, 2.75) is 32.7 Å². The molecule has 2 aliphatic rings. The lowest BCUT2D eigenvalue weighted by Crippen LogP contribution is -2.37. The SMILES string of the molecule is Cc1ccc(C(=O)CN2C(=O)CN(C3CC3)C2=O)c(C)c1. The van der Waals surface area contributed by atoms with Crippen molar-refractivity contribution in [2.75, 3.05) is 13.1 Å². The van der Waals surface area contributed by atoms with Crippen molar-refractivity contribution in [1.82, 2.24) is 9.80 Å². The molecule has 0 spiro atoms. The van der Waals surface area contributed by atoms with Crippen LogP contribution in [0.5, 0.6) is 0 Å². The minimum Gasteiger partial charge on any atom is -0.312 e. The maximum atomic E-state index is 12.4. The molecular weight excluding hydrogens is 268 g/mol. The van der Waals surface area contributed by atoms with Gasteiger partial charge < -0.3 is 4.90 Å². The number of hydrogen-bond donors (Lipinski definition) is 0. The average Bonchev–Trinajstić information content (AvgIpc) is 3.21. The summed E-state index contributed by atoms with van der Waals surface area (Å²) in [7, 11) is 0. The minimum atomic E-state index is -0.319. The molecule has 1 aliphatic carbocycles. The molecule has 0 radical (unpaired) electrons. The molecule has 1 saturated carbocycles. The first-order valence-corrected chi connectivity index (χ1v) is 7.19. The van der Waals surface area contributed by atoms with Crippen molar-refractivity contribution in [3.8, 4) is 0 Å². The number of Topliss-reactive ketones (excluding diaryl/α,β-unsaturated/α-hetero) is 1. The average molecular weight is 286 g/mol. The summed E-state index contributed by atoms with van der Waals surface area (Å²) in [6.45, 7) is 3.78. The van der Waals surface area contributed by atoms with Gasteiger partial charge in [0.25, 0.3) is 5.91 Å². The second-order valence-electron chi connectivity index (χ2n) is 5.86. The maximum Gasteiger partial charge on any atom is 0.327 e. The molecular formula is C16H18N2O3. The number of carbonyl (C=O) groups excluding carboxylic acids is 3. The molecule has 5 heteroatoms. The van der Waals surface area contributed by atoms with Crippen LogP contribution in [0.1, 0.15) is 34.3 Å². The summed E-state index contributed by atoms with van der Waals surface area (Å²) in [5, 5.41) is 0. The molecule has 1 aromatic rings. The van der Waals surface area contributed by atoms with Crippen molar-refractivity contribution in [2.24, 2.45) is 0 Å². The smallest absolute Gasteiger partial charge is 0.312 e. The van der Waals surface area contributed by atoms with Crippen LogP contribution >= 0.6 is 0 Å². The van der Waals surface area contributed by atoms with Crippen LogP contribution in [0, 0.1) is 13.8 Å². The quantitative estimate of drug-likeness (QED) is 0.627. The molecule has 1 heterocycles. The Bertz CT molecular complexity index is 634. The van der Waals surface area contributed by atoms with Gasteiger partial charge in [-0.2, -0.15) is 0 Å². The fraction of sp³-hybridized carbons (Fsp3) is 0.438. The lowest BCUT2D eigenvalue weighted by atomic mass is 10.0. The van der Waals surface area contributed by atoms with Crippen molar-refractivity contribution >= 4 is 17.7 Å². The Morgan fingerprint density at radius 2 is 1.95 bits per heavy atom. The van der Waals surface area contributed by atoms with Gasteiger partial charge in [-0.1, -0.05) is 23.8 Å². The summed E-state index contributed by atoms with van der Waals surface area (Å²) in [5.74, 6) is -0.461. The van der Waals surface area contributed by atoms with E-state index in [0.29, 0.717) is 5.56 Å². The van der Waals surface area contributed by atoms with E-state index in [9.17, 15) is 14.4 Å². The lowest BCUT2D eigenvalue weighted by molar-refractivity contribution is -0.125. The number of carbonyl (C=O) groups is 3. The Hall–Kier alpha value is -2.17. The Kier molecular flexibility index (Phi) is 3.27. The largest absolute Gasteiger partial charge is 0.327 e. The molecule has 1 saturated heterocycles. The summed E-state index contributed by atoms with van der Waals surface area (Å²) in [5.41, 5.74) is 2.53. The molecule has 0 N–H and O–H groups in total. The van der Waals surface area contributed by atoms with Crippen LogP contribution in [0.15, 0.2) is 18.2 Å². The van der Waals surface area contributed by atoms with Crippen LogP contribution in [0.4, 0.5) is 4.79 Å². The van der Waals surface area contributed by atoms with Gasteiger partial charge in [0.1, 0.15) is 6.54 Å². The highest BCUT2D eigenvalue weighted by Gasteiger charge is 2.44. The highest BCUT2D eigenvalue weighted by Crippen LogP contribution is 2.30. The second kappa shape index (κ2) is 4.98. The van der Waals surface area contributed by atoms with Crippen LogP contribution in [-0.4, -0.2) is 46.7 Å². The fourth-order valence-electron chi connectivity index (χ4n) is 2.74. The fourth-order valence-corrected chi connectivity index (χ4v) is 2.74. The van der Waals surface area contributed by atoms with Gasteiger partial charge in [0.2, 0.25) is 0 Å². The highest BCUT2D eigenvalue weighted by molar-refractivity contribution is 6.08.